The summed E-state index contributed by atoms with van der Waals surface area (Å²) in [5.74, 6) is -2.55. The van der Waals surface area contributed by atoms with E-state index >= 15 is 0 Å². The Morgan fingerprint density at radius 3 is 2.22 bits per heavy atom. The van der Waals surface area contributed by atoms with Gasteiger partial charge in [-0.15, -0.1) is 18.3 Å². The summed E-state index contributed by atoms with van der Waals surface area (Å²) in [7, 11) is 0. The number of aromatic nitrogens is 2. The molecule has 192 valence electrons. The Bertz CT molecular complexity index is 1340. The van der Waals surface area contributed by atoms with E-state index < -0.39 is 35.6 Å². The summed E-state index contributed by atoms with van der Waals surface area (Å²) < 4.78 is 41.8. The molecule has 0 saturated heterocycles. The molecule has 1 aliphatic heterocycles. The second kappa shape index (κ2) is 10.0. The van der Waals surface area contributed by atoms with Crippen LogP contribution in [0, 0.1) is 0 Å². The highest BCUT2D eigenvalue weighted by atomic mass is 19.4. The molecule has 0 aliphatic carbocycles. The van der Waals surface area contributed by atoms with Crippen molar-refractivity contribution in [3.8, 4) is 5.75 Å². The van der Waals surface area contributed by atoms with Gasteiger partial charge in [-0.3, -0.25) is 14.5 Å². The predicted octanol–water partition coefficient (Wildman–Crippen LogP) is 4.74. The molecule has 11 heteroatoms. The summed E-state index contributed by atoms with van der Waals surface area (Å²) in [6.45, 7) is 4.10. The van der Waals surface area contributed by atoms with E-state index in [0.29, 0.717) is 5.69 Å². The molecule has 8 nitrogen and oxygen atoms in total. The van der Waals surface area contributed by atoms with Crippen molar-refractivity contribution in [2.24, 2.45) is 5.73 Å². The SMILES string of the molecule is CC(C)c1ccc(C(=O)C2=C(O)C(=O)N(c3ccc(CN)nn3)[C@H]2c2ccc(OC(F)(F)F)cc2)cc1. The Balaban J connectivity index is 1.79. The zero-order valence-corrected chi connectivity index (χ0v) is 19.9. The van der Waals surface area contributed by atoms with E-state index in [2.05, 4.69) is 14.9 Å². The average molecular weight is 512 g/mol. The number of alkyl halides is 3. The molecule has 2 heterocycles. The smallest absolute Gasteiger partial charge is 0.503 e. The minimum Gasteiger partial charge on any atom is -0.503 e. The van der Waals surface area contributed by atoms with Gasteiger partial charge in [0, 0.05) is 12.1 Å². The Morgan fingerprint density at radius 1 is 1.05 bits per heavy atom. The van der Waals surface area contributed by atoms with Gasteiger partial charge in [-0.2, -0.15) is 5.10 Å². The van der Waals surface area contributed by atoms with Gasteiger partial charge in [-0.1, -0.05) is 50.2 Å². The van der Waals surface area contributed by atoms with Gasteiger partial charge in [0.15, 0.2) is 17.4 Å². The fourth-order valence-electron chi connectivity index (χ4n) is 4.01. The van der Waals surface area contributed by atoms with Crippen LogP contribution in [0.15, 0.2) is 72.0 Å². The number of hydrogen-bond acceptors (Lipinski definition) is 7. The molecule has 4 rings (SSSR count). The number of benzene rings is 2. The number of aliphatic hydroxyl groups is 1. The second-order valence-corrected chi connectivity index (χ2v) is 8.65. The quantitative estimate of drug-likeness (QED) is 0.439. The van der Waals surface area contributed by atoms with Gasteiger partial charge >= 0.3 is 6.36 Å². The molecule has 3 N–H and O–H groups in total. The molecular weight excluding hydrogens is 489 g/mol. The summed E-state index contributed by atoms with van der Waals surface area (Å²) >= 11 is 0. The zero-order chi connectivity index (χ0) is 26.9. The molecule has 1 amide bonds. The second-order valence-electron chi connectivity index (χ2n) is 8.65. The number of nitrogens with two attached hydrogens (primary N) is 1. The molecular formula is C26H23F3N4O4. The summed E-state index contributed by atoms with van der Waals surface area (Å²) in [5.41, 5.74) is 7.24. The first-order valence-electron chi connectivity index (χ1n) is 11.3. The highest BCUT2D eigenvalue weighted by Gasteiger charge is 2.45. The molecule has 0 bridgehead atoms. The minimum absolute atomic E-state index is 0.0207. The van der Waals surface area contributed by atoms with Crippen molar-refractivity contribution in [2.75, 3.05) is 4.90 Å². The number of rotatable bonds is 7. The number of amides is 1. The maximum atomic E-state index is 13.6. The van der Waals surface area contributed by atoms with Gasteiger partial charge in [0.2, 0.25) is 0 Å². The molecule has 0 unspecified atom stereocenters. The van der Waals surface area contributed by atoms with Crippen LogP contribution in [0.5, 0.6) is 5.75 Å². The molecule has 2 aromatic carbocycles. The maximum absolute atomic E-state index is 13.6. The largest absolute Gasteiger partial charge is 0.573 e. The van der Waals surface area contributed by atoms with E-state index in [1.54, 1.807) is 24.3 Å². The van der Waals surface area contributed by atoms with Gasteiger partial charge in [0.1, 0.15) is 5.75 Å². The number of halogens is 3. The van der Waals surface area contributed by atoms with E-state index in [1.807, 2.05) is 13.8 Å². The lowest BCUT2D eigenvalue weighted by Crippen LogP contribution is -2.32. The number of nitrogens with zero attached hydrogens (tertiary/aromatic N) is 3. The number of carbonyl (C=O) groups is 2. The molecule has 1 atom stereocenters. The molecule has 3 aromatic rings. The highest BCUT2D eigenvalue weighted by molar-refractivity contribution is 6.20. The number of anilines is 1. The maximum Gasteiger partial charge on any atom is 0.573 e. The summed E-state index contributed by atoms with van der Waals surface area (Å²) in [5, 5.41) is 18.8. The molecule has 1 aliphatic rings. The van der Waals surface area contributed by atoms with Gasteiger partial charge in [-0.05, 0) is 41.3 Å². The lowest BCUT2D eigenvalue weighted by molar-refractivity contribution is -0.274. The highest BCUT2D eigenvalue weighted by Crippen LogP contribution is 2.41. The van der Waals surface area contributed by atoms with Crippen LogP contribution in [0.1, 0.15) is 53.0 Å². The van der Waals surface area contributed by atoms with Crippen LogP contribution in [-0.2, 0) is 11.3 Å². The zero-order valence-electron chi connectivity index (χ0n) is 19.9. The lowest BCUT2D eigenvalue weighted by Gasteiger charge is -2.26. The third-order valence-corrected chi connectivity index (χ3v) is 5.88. The predicted molar refractivity (Wildman–Crippen MR) is 128 cm³/mol. The standard InChI is InChI=1S/C26H23F3N4O4/c1-14(2)15-3-5-17(6-4-15)23(34)21-22(16-7-10-19(11-8-16)37-26(27,28)29)33(25(36)24(21)35)20-12-9-18(13-30)31-32-20/h3-12,14,22,35H,13,30H2,1-2H3/t22-/m0/s1. The topological polar surface area (TPSA) is 119 Å². The first kappa shape index (κ1) is 25.8. The summed E-state index contributed by atoms with van der Waals surface area (Å²) in [4.78, 5) is 27.8. The number of carbonyl (C=O) groups excluding carboxylic acids is 2. The normalized spacial score (nSPS) is 16.0. The molecule has 1 aromatic heterocycles. The fourth-order valence-corrected chi connectivity index (χ4v) is 4.01. The number of ether oxygens (including phenoxy) is 1. The fraction of sp³-hybridized carbons (Fsp3) is 0.231. The number of aliphatic hydroxyl groups excluding tert-OH is 1. The number of hydrogen-bond donors (Lipinski definition) is 2. The van der Waals surface area contributed by atoms with Gasteiger partial charge in [0.05, 0.1) is 17.3 Å². The van der Waals surface area contributed by atoms with Crippen molar-refractivity contribution in [1.29, 1.82) is 0 Å². The molecule has 37 heavy (non-hydrogen) atoms. The average Bonchev–Trinajstić information content (AvgIpc) is 3.13. The first-order valence-corrected chi connectivity index (χ1v) is 11.3. The lowest BCUT2D eigenvalue weighted by atomic mass is 9.91. The minimum atomic E-state index is -4.89. The third-order valence-electron chi connectivity index (χ3n) is 5.88. The van der Waals surface area contributed by atoms with E-state index in [1.165, 1.54) is 24.3 Å². The first-order chi connectivity index (χ1) is 17.5. The van der Waals surface area contributed by atoms with Crippen molar-refractivity contribution in [3.63, 3.8) is 0 Å². The Hall–Kier alpha value is -4.25. The van der Waals surface area contributed by atoms with E-state index in [9.17, 15) is 27.9 Å². The van der Waals surface area contributed by atoms with Crippen molar-refractivity contribution in [2.45, 2.75) is 38.7 Å². The number of ketones is 1. The summed E-state index contributed by atoms with van der Waals surface area (Å²) in [6, 6.07) is 13.2. The van der Waals surface area contributed by atoms with Crippen LogP contribution in [0.4, 0.5) is 19.0 Å². The van der Waals surface area contributed by atoms with Gasteiger partial charge in [-0.25, -0.2) is 0 Å². The third kappa shape index (κ3) is 5.31. The summed E-state index contributed by atoms with van der Waals surface area (Å²) in [6.07, 6.45) is -4.89. The van der Waals surface area contributed by atoms with Gasteiger partial charge < -0.3 is 15.6 Å². The van der Waals surface area contributed by atoms with E-state index in [-0.39, 0.29) is 35.0 Å². The van der Waals surface area contributed by atoms with Crippen LogP contribution < -0.4 is 15.4 Å². The van der Waals surface area contributed by atoms with Crippen LogP contribution in [-0.4, -0.2) is 33.4 Å². The van der Waals surface area contributed by atoms with Crippen molar-refractivity contribution < 1.29 is 32.6 Å². The molecule has 0 saturated carbocycles. The van der Waals surface area contributed by atoms with Crippen LogP contribution in [0.25, 0.3) is 0 Å². The van der Waals surface area contributed by atoms with Crippen LogP contribution >= 0.6 is 0 Å². The Kier molecular flexibility index (Phi) is 6.99. The van der Waals surface area contributed by atoms with Crippen molar-refractivity contribution >= 4 is 17.5 Å². The van der Waals surface area contributed by atoms with Crippen LogP contribution in [0.3, 0.4) is 0 Å². The van der Waals surface area contributed by atoms with Gasteiger partial charge in [0.25, 0.3) is 5.91 Å². The van der Waals surface area contributed by atoms with Crippen molar-refractivity contribution in [1.82, 2.24) is 10.2 Å². The van der Waals surface area contributed by atoms with E-state index in [4.69, 9.17) is 5.73 Å². The monoisotopic (exact) mass is 512 g/mol. The Labute approximate surface area is 210 Å². The number of Topliss-reactive ketones (excluding diaryl/α,β-unsaturated/α-hetero) is 1. The van der Waals surface area contributed by atoms with Crippen LogP contribution in [0.2, 0.25) is 0 Å². The molecule has 0 radical (unpaired) electrons. The molecule has 0 fully saturated rings. The molecule has 0 spiro atoms. The van der Waals surface area contributed by atoms with E-state index in [0.717, 1.165) is 22.6 Å². The van der Waals surface area contributed by atoms with Crippen molar-refractivity contribution in [3.05, 3.63) is 94.4 Å². The Morgan fingerprint density at radius 2 is 1.70 bits per heavy atom.